The molecule has 2 N–H and O–H groups in total. The number of nitrogens with one attached hydrogen (secondary N) is 2. The molecule has 0 saturated heterocycles. The molecule has 27 heavy (non-hydrogen) atoms. The summed E-state index contributed by atoms with van der Waals surface area (Å²) in [5, 5.41) is 14.2. The molecule has 0 aliphatic heterocycles. The smallest absolute Gasteiger partial charge is 0.294 e. The van der Waals surface area contributed by atoms with Crippen molar-refractivity contribution in [3.63, 3.8) is 0 Å². The molecule has 0 aliphatic carbocycles. The first-order chi connectivity index (χ1) is 12.6. The molecule has 0 saturated carbocycles. The van der Waals surface area contributed by atoms with Crippen LogP contribution in [0.5, 0.6) is 0 Å². The number of nitrogens with zero attached hydrogens (tertiary/aromatic N) is 2. The highest BCUT2D eigenvalue weighted by Crippen LogP contribution is 2.32. The van der Waals surface area contributed by atoms with E-state index in [0.717, 1.165) is 12.1 Å². The maximum absolute atomic E-state index is 13.9. The molecule has 11 heteroatoms. The van der Waals surface area contributed by atoms with Crippen molar-refractivity contribution >= 4 is 38.7 Å². The Balaban J connectivity index is 2.34. The van der Waals surface area contributed by atoms with E-state index in [4.69, 9.17) is 11.6 Å². The van der Waals surface area contributed by atoms with Gasteiger partial charge < -0.3 is 10.2 Å². The van der Waals surface area contributed by atoms with Crippen molar-refractivity contribution in [3.8, 4) is 0 Å². The van der Waals surface area contributed by atoms with Crippen molar-refractivity contribution < 1.29 is 17.7 Å². The maximum atomic E-state index is 13.9. The predicted octanol–water partition coefficient (Wildman–Crippen LogP) is 2.97. The maximum Gasteiger partial charge on any atom is 0.294 e. The molecule has 0 amide bonds. The van der Waals surface area contributed by atoms with E-state index >= 15 is 0 Å². The summed E-state index contributed by atoms with van der Waals surface area (Å²) in [6, 6.07) is 7.06. The second-order valence-electron chi connectivity index (χ2n) is 5.89. The summed E-state index contributed by atoms with van der Waals surface area (Å²) in [6.45, 7) is 0.617. The minimum absolute atomic E-state index is 0.0617. The molecule has 0 heterocycles. The standard InChI is InChI=1S/C16H18ClFN4O4S/c1-21(2)8-7-19-27(25,26)12-4-6-14(16(10-12)22(23)24)20-15-9-11(17)3-5-13(15)18/h3-6,9-10,19-20H,7-8H2,1-2H3. The predicted molar refractivity (Wildman–Crippen MR) is 102 cm³/mol. The van der Waals surface area contributed by atoms with E-state index in [1.165, 1.54) is 24.3 Å². The van der Waals surface area contributed by atoms with Gasteiger partial charge in [-0.25, -0.2) is 17.5 Å². The lowest BCUT2D eigenvalue weighted by atomic mass is 10.2. The average molecular weight is 417 g/mol. The van der Waals surface area contributed by atoms with E-state index in [1.807, 2.05) is 0 Å². The number of sulfonamides is 1. The topological polar surface area (TPSA) is 105 Å². The van der Waals surface area contributed by atoms with Crippen molar-refractivity contribution in [1.29, 1.82) is 0 Å². The van der Waals surface area contributed by atoms with Gasteiger partial charge in [-0.2, -0.15) is 0 Å². The highest BCUT2D eigenvalue weighted by molar-refractivity contribution is 7.89. The lowest BCUT2D eigenvalue weighted by Gasteiger charge is -2.12. The fraction of sp³-hybridized carbons (Fsp3) is 0.250. The monoisotopic (exact) mass is 416 g/mol. The van der Waals surface area contributed by atoms with Crippen molar-refractivity contribution in [2.75, 3.05) is 32.5 Å². The minimum Gasteiger partial charge on any atom is -0.347 e. The van der Waals surface area contributed by atoms with Gasteiger partial charge in [0.15, 0.2) is 0 Å². The molecule has 0 aromatic heterocycles. The Bertz CT molecular complexity index is 953. The molecule has 0 bridgehead atoms. The zero-order valence-corrected chi connectivity index (χ0v) is 16.1. The van der Waals surface area contributed by atoms with Gasteiger partial charge in [-0.15, -0.1) is 0 Å². The summed E-state index contributed by atoms with van der Waals surface area (Å²) in [6.07, 6.45) is 0. The summed E-state index contributed by atoms with van der Waals surface area (Å²) in [5.74, 6) is -0.657. The number of nitro benzene ring substituents is 1. The molecule has 0 spiro atoms. The number of hydrogen-bond donors (Lipinski definition) is 2. The van der Waals surface area contributed by atoms with Crippen molar-refractivity contribution in [2.24, 2.45) is 0 Å². The van der Waals surface area contributed by atoms with E-state index in [0.29, 0.717) is 6.54 Å². The number of hydrogen-bond acceptors (Lipinski definition) is 6. The summed E-state index contributed by atoms with van der Waals surface area (Å²) in [4.78, 5) is 12.2. The van der Waals surface area contributed by atoms with Crippen molar-refractivity contribution in [3.05, 3.63) is 57.4 Å². The molecule has 0 fully saturated rings. The van der Waals surface area contributed by atoms with Gasteiger partial charge in [0.2, 0.25) is 10.0 Å². The lowest BCUT2D eigenvalue weighted by molar-refractivity contribution is -0.384. The molecule has 0 radical (unpaired) electrons. The van der Waals surface area contributed by atoms with Gasteiger partial charge >= 0.3 is 0 Å². The van der Waals surface area contributed by atoms with Crippen LogP contribution in [0.1, 0.15) is 0 Å². The lowest BCUT2D eigenvalue weighted by Crippen LogP contribution is -2.31. The Kier molecular flexibility index (Phi) is 6.71. The summed E-state index contributed by atoms with van der Waals surface area (Å²) in [7, 11) is -0.348. The van der Waals surface area contributed by atoms with Crippen molar-refractivity contribution in [1.82, 2.24) is 9.62 Å². The minimum atomic E-state index is -3.92. The number of likely N-dealkylation sites (N-methyl/N-ethyl adjacent to an activating group) is 1. The van der Waals surface area contributed by atoms with Crippen LogP contribution >= 0.6 is 11.6 Å². The third-order valence-corrected chi connectivity index (χ3v) is 5.22. The van der Waals surface area contributed by atoms with Crippen LogP contribution in [0.25, 0.3) is 0 Å². The van der Waals surface area contributed by atoms with Crippen LogP contribution in [0.15, 0.2) is 41.3 Å². The summed E-state index contributed by atoms with van der Waals surface area (Å²) < 4.78 is 40.8. The Labute approximate surface area is 161 Å². The molecular formula is C16H18ClFN4O4S. The van der Waals surface area contributed by atoms with Crippen LogP contribution in [-0.2, 0) is 10.0 Å². The highest BCUT2D eigenvalue weighted by Gasteiger charge is 2.22. The number of rotatable bonds is 8. The molecule has 2 rings (SSSR count). The Morgan fingerprint density at radius 3 is 2.52 bits per heavy atom. The van der Waals surface area contributed by atoms with Crippen LogP contribution in [0.4, 0.5) is 21.5 Å². The molecule has 2 aromatic carbocycles. The van der Waals surface area contributed by atoms with E-state index in [1.54, 1.807) is 19.0 Å². The Morgan fingerprint density at radius 1 is 1.19 bits per heavy atom. The van der Waals surface area contributed by atoms with Crippen LogP contribution in [-0.4, -0.2) is 45.4 Å². The van der Waals surface area contributed by atoms with Gasteiger partial charge in [-0.1, -0.05) is 11.6 Å². The van der Waals surface area contributed by atoms with Crippen LogP contribution in [0.2, 0.25) is 5.02 Å². The second kappa shape index (κ2) is 8.61. The fourth-order valence-corrected chi connectivity index (χ4v) is 3.37. The Hall–Kier alpha value is -2.27. The van der Waals surface area contributed by atoms with E-state index in [-0.39, 0.29) is 27.8 Å². The van der Waals surface area contributed by atoms with Crippen LogP contribution < -0.4 is 10.0 Å². The molecule has 0 atom stereocenters. The highest BCUT2D eigenvalue weighted by atomic mass is 35.5. The van der Waals surface area contributed by atoms with E-state index in [9.17, 15) is 22.9 Å². The second-order valence-corrected chi connectivity index (χ2v) is 8.09. The van der Waals surface area contributed by atoms with Gasteiger partial charge in [0.25, 0.3) is 5.69 Å². The van der Waals surface area contributed by atoms with E-state index in [2.05, 4.69) is 10.0 Å². The number of anilines is 2. The van der Waals surface area contributed by atoms with Gasteiger partial charge in [0, 0.05) is 24.2 Å². The van der Waals surface area contributed by atoms with Gasteiger partial charge in [0.05, 0.1) is 15.5 Å². The molecule has 8 nitrogen and oxygen atoms in total. The zero-order valence-electron chi connectivity index (χ0n) is 14.6. The number of benzene rings is 2. The van der Waals surface area contributed by atoms with Gasteiger partial charge in [0.1, 0.15) is 11.5 Å². The first kappa shape index (κ1) is 21.0. The van der Waals surface area contributed by atoms with Gasteiger partial charge in [-0.05, 0) is 44.4 Å². The average Bonchev–Trinajstić information content (AvgIpc) is 2.57. The van der Waals surface area contributed by atoms with Crippen LogP contribution in [0.3, 0.4) is 0 Å². The third kappa shape index (κ3) is 5.60. The summed E-state index contributed by atoms with van der Waals surface area (Å²) in [5.41, 5.74) is -0.636. The molecular weight excluding hydrogens is 399 g/mol. The normalized spacial score (nSPS) is 11.6. The van der Waals surface area contributed by atoms with Crippen LogP contribution in [0, 0.1) is 15.9 Å². The van der Waals surface area contributed by atoms with Gasteiger partial charge in [-0.3, -0.25) is 10.1 Å². The molecule has 0 unspecified atom stereocenters. The molecule has 146 valence electrons. The quantitative estimate of drug-likeness (QED) is 0.506. The molecule has 2 aromatic rings. The number of nitro groups is 1. The molecule has 0 aliphatic rings. The van der Waals surface area contributed by atoms with Crippen molar-refractivity contribution in [2.45, 2.75) is 4.90 Å². The third-order valence-electron chi connectivity index (χ3n) is 3.53. The SMILES string of the molecule is CN(C)CCNS(=O)(=O)c1ccc(Nc2cc(Cl)ccc2F)c([N+](=O)[O-])c1. The largest absolute Gasteiger partial charge is 0.347 e. The Morgan fingerprint density at radius 2 is 1.89 bits per heavy atom. The zero-order chi connectivity index (χ0) is 20.2. The first-order valence-corrected chi connectivity index (χ1v) is 9.61. The number of halogens is 2. The first-order valence-electron chi connectivity index (χ1n) is 7.75. The fourth-order valence-electron chi connectivity index (χ4n) is 2.16. The summed E-state index contributed by atoms with van der Waals surface area (Å²) >= 11 is 5.81. The van der Waals surface area contributed by atoms with E-state index < -0.39 is 26.5 Å².